The van der Waals surface area contributed by atoms with Gasteiger partial charge in [-0.3, -0.25) is 0 Å². The molecule has 0 aromatic carbocycles. The minimum Gasteiger partial charge on any atom is -0.227 e. The molecule has 0 radical (unpaired) electrons. The summed E-state index contributed by atoms with van der Waals surface area (Å²) in [6.45, 7) is 0. The van der Waals surface area contributed by atoms with Crippen LogP contribution in [0.4, 0.5) is 13.2 Å². The molecule has 10 heavy (non-hydrogen) atoms. The molecule has 0 fully saturated rings. The third-order valence-corrected chi connectivity index (χ3v) is 2.82. The van der Waals surface area contributed by atoms with Crippen LogP contribution in [0.15, 0.2) is 0 Å². The molecule has 1 unspecified atom stereocenters. The van der Waals surface area contributed by atoms with Crippen molar-refractivity contribution in [2.45, 2.75) is 10.3 Å². The summed E-state index contributed by atoms with van der Waals surface area (Å²) in [5.41, 5.74) is 0. The van der Waals surface area contributed by atoms with Gasteiger partial charge in [0, 0.05) is 6.26 Å². The number of hydrogen-bond acceptors (Lipinski definition) is 2. The Kier molecular flexibility index (Phi) is 2.75. The summed E-state index contributed by atoms with van der Waals surface area (Å²) in [6, 6.07) is 0. The molecular formula is C3H4BrF3O2S. The predicted molar refractivity (Wildman–Crippen MR) is 33.6 cm³/mol. The van der Waals surface area contributed by atoms with Crippen LogP contribution < -0.4 is 0 Å². The SMILES string of the molecule is CS(=O)(=O)C(F)(F)C(F)Br. The van der Waals surface area contributed by atoms with Gasteiger partial charge in [-0.15, -0.1) is 0 Å². The largest absolute Gasteiger partial charge is 0.385 e. The van der Waals surface area contributed by atoms with E-state index in [2.05, 4.69) is 0 Å². The van der Waals surface area contributed by atoms with E-state index in [1.54, 1.807) is 0 Å². The van der Waals surface area contributed by atoms with Crippen molar-refractivity contribution >= 4 is 25.8 Å². The lowest BCUT2D eigenvalue weighted by Gasteiger charge is -2.12. The predicted octanol–water partition coefficient (Wildman–Crippen LogP) is 1.31. The second-order valence-corrected chi connectivity index (χ2v) is 4.53. The molecule has 0 amide bonds. The average Bonchev–Trinajstić information content (AvgIpc) is 1.62. The summed E-state index contributed by atoms with van der Waals surface area (Å²) in [5.74, 6) is 0. The first-order chi connectivity index (χ1) is 4.19. The average molecular weight is 241 g/mol. The van der Waals surface area contributed by atoms with E-state index in [0.717, 1.165) is 0 Å². The molecule has 62 valence electrons. The topological polar surface area (TPSA) is 34.1 Å². The lowest BCUT2D eigenvalue weighted by Crippen LogP contribution is -2.34. The van der Waals surface area contributed by atoms with E-state index in [-0.39, 0.29) is 6.26 Å². The van der Waals surface area contributed by atoms with Crippen molar-refractivity contribution in [1.82, 2.24) is 0 Å². The van der Waals surface area contributed by atoms with Gasteiger partial charge in [0.05, 0.1) is 0 Å². The van der Waals surface area contributed by atoms with Gasteiger partial charge in [0.1, 0.15) is 0 Å². The Bertz CT molecular complexity index is 210. The zero-order valence-corrected chi connectivity index (χ0v) is 7.22. The minimum absolute atomic E-state index is 0.265. The van der Waals surface area contributed by atoms with Crippen LogP contribution in [-0.2, 0) is 9.84 Å². The van der Waals surface area contributed by atoms with Crippen LogP contribution in [0.2, 0.25) is 0 Å². The van der Waals surface area contributed by atoms with Gasteiger partial charge < -0.3 is 0 Å². The standard InChI is InChI=1S/C3H4BrF3O2S/c1-10(8,9)3(6,7)2(4)5/h2H,1H3. The highest BCUT2D eigenvalue weighted by Crippen LogP contribution is 2.30. The molecule has 0 aromatic rings. The van der Waals surface area contributed by atoms with E-state index in [0.29, 0.717) is 0 Å². The first-order valence-electron chi connectivity index (χ1n) is 2.05. The maximum atomic E-state index is 12.0. The summed E-state index contributed by atoms with van der Waals surface area (Å²) < 4.78 is 56.0. The number of halogens is 4. The molecule has 0 aromatic heterocycles. The lowest BCUT2D eigenvalue weighted by atomic mass is 10.8. The molecule has 2 nitrogen and oxygen atoms in total. The van der Waals surface area contributed by atoms with Gasteiger partial charge in [0.2, 0.25) is 14.9 Å². The van der Waals surface area contributed by atoms with Crippen LogP contribution in [0.3, 0.4) is 0 Å². The quantitative estimate of drug-likeness (QED) is 0.683. The van der Waals surface area contributed by atoms with Gasteiger partial charge in [-0.1, -0.05) is 0 Å². The fourth-order valence-corrected chi connectivity index (χ4v) is 1.50. The van der Waals surface area contributed by atoms with E-state index in [4.69, 9.17) is 0 Å². The van der Waals surface area contributed by atoms with E-state index in [1.807, 2.05) is 15.9 Å². The van der Waals surface area contributed by atoms with E-state index in [9.17, 15) is 21.6 Å². The molecule has 1 atom stereocenters. The number of hydrogen-bond donors (Lipinski definition) is 0. The Balaban J connectivity index is 4.76. The zero-order valence-electron chi connectivity index (χ0n) is 4.81. The van der Waals surface area contributed by atoms with Crippen LogP contribution in [0.5, 0.6) is 0 Å². The van der Waals surface area contributed by atoms with Crippen LogP contribution in [-0.4, -0.2) is 25.0 Å². The lowest BCUT2D eigenvalue weighted by molar-refractivity contribution is 0.0495. The van der Waals surface area contributed by atoms with Crippen molar-refractivity contribution in [2.75, 3.05) is 6.26 Å². The van der Waals surface area contributed by atoms with E-state index in [1.165, 1.54) is 0 Å². The Labute approximate surface area is 64.5 Å². The molecule has 0 aliphatic carbocycles. The highest BCUT2D eigenvalue weighted by molar-refractivity contribution is 9.09. The fourth-order valence-electron chi connectivity index (χ4n) is 0.162. The van der Waals surface area contributed by atoms with Gasteiger partial charge in [-0.25, -0.2) is 12.8 Å². The fraction of sp³-hybridized carbons (Fsp3) is 1.00. The molecule has 0 saturated carbocycles. The molecule has 0 bridgehead atoms. The van der Waals surface area contributed by atoms with Crippen LogP contribution in [0.1, 0.15) is 0 Å². The van der Waals surface area contributed by atoms with E-state index >= 15 is 0 Å². The van der Waals surface area contributed by atoms with Crippen molar-refractivity contribution in [3.05, 3.63) is 0 Å². The molecule has 0 rings (SSSR count). The maximum absolute atomic E-state index is 12.0. The highest BCUT2D eigenvalue weighted by Gasteiger charge is 2.49. The van der Waals surface area contributed by atoms with Crippen molar-refractivity contribution in [1.29, 1.82) is 0 Å². The highest BCUT2D eigenvalue weighted by atomic mass is 79.9. The molecule has 0 saturated heterocycles. The van der Waals surface area contributed by atoms with Crippen LogP contribution >= 0.6 is 15.9 Å². The first-order valence-corrected chi connectivity index (χ1v) is 4.86. The van der Waals surface area contributed by atoms with Crippen LogP contribution in [0.25, 0.3) is 0 Å². The van der Waals surface area contributed by atoms with Gasteiger partial charge >= 0.3 is 5.25 Å². The molecule has 7 heteroatoms. The van der Waals surface area contributed by atoms with Crippen molar-refractivity contribution < 1.29 is 21.6 Å². The zero-order chi connectivity index (χ0) is 8.58. The molecule has 0 aliphatic heterocycles. The minimum atomic E-state index is -4.66. The van der Waals surface area contributed by atoms with Gasteiger partial charge in [0.25, 0.3) is 0 Å². The summed E-state index contributed by atoms with van der Waals surface area (Å²) in [7, 11) is -4.66. The van der Waals surface area contributed by atoms with Gasteiger partial charge in [-0.2, -0.15) is 8.78 Å². The molecule has 0 spiro atoms. The Morgan fingerprint density at radius 1 is 1.50 bits per heavy atom. The Hall–Kier alpha value is 0.220. The monoisotopic (exact) mass is 240 g/mol. The number of sulfone groups is 1. The summed E-state index contributed by atoms with van der Waals surface area (Å²) >= 11 is 1.84. The Morgan fingerprint density at radius 3 is 1.80 bits per heavy atom. The normalized spacial score (nSPS) is 16.9. The maximum Gasteiger partial charge on any atom is 0.385 e. The second kappa shape index (κ2) is 2.69. The number of alkyl halides is 4. The first kappa shape index (κ1) is 10.2. The second-order valence-electron chi connectivity index (χ2n) is 1.63. The van der Waals surface area contributed by atoms with Crippen molar-refractivity contribution in [2.24, 2.45) is 0 Å². The molecular weight excluding hydrogens is 237 g/mol. The summed E-state index contributed by atoms with van der Waals surface area (Å²) in [5, 5.41) is -7.19. The van der Waals surface area contributed by atoms with E-state index < -0.39 is 20.2 Å². The van der Waals surface area contributed by atoms with Gasteiger partial charge in [-0.05, 0) is 15.9 Å². The van der Waals surface area contributed by atoms with Gasteiger partial charge in [0.15, 0.2) is 0 Å². The summed E-state index contributed by atoms with van der Waals surface area (Å²) in [6.07, 6.45) is 0.265. The van der Waals surface area contributed by atoms with Crippen molar-refractivity contribution in [3.63, 3.8) is 0 Å². The number of rotatable bonds is 2. The van der Waals surface area contributed by atoms with Crippen molar-refractivity contribution in [3.8, 4) is 0 Å². The summed E-state index contributed by atoms with van der Waals surface area (Å²) in [4.78, 5) is 0. The molecule has 0 heterocycles. The third kappa shape index (κ3) is 1.85. The Morgan fingerprint density at radius 2 is 1.80 bits per heavy atom. The van der Waals surface area contributed by atoms with Crippen LogP contribution in [0, 0.1) is 0 Å². The molecule has 0 aliphatic rings. The third-order valence-electron chi connectivity index (χ3n) is 0.748. The smallest absolute Gasteiger partial charge is 0.227 e. The molecule has 0 N–H and O–H groups in total.